The maximum absolute atomic E-state index is 12.8. The molecule has 0 saturated carbocycles. The van der Waals surface area contributed by atoms with Gasteiger partial charge in [-0.15, -0.1) is 0 Å². The predicted molar refractivity (Wildman–Crippen MR) is 118 cm³/mol. The number of amides is 1. The summed E-state index contributed by atoms with van der Waals surface area (Å²) in [7, 11) is 0. The Morgan fingerprint density at radius 3 is 2.52 bits per heavy atom. The Kier molecular flexibility index (Phi) is 6.33. The first kappa shape index (κ1) is 19.7. The van der Waals surface area contributed by atoms with E-state index in [4.69, 9.17) is 16.3 Å². The van der Waals surface area contributed by atoms with Gasteiger partial charge >= 0.3 is 0 Å². The van der Waals surface area contributed by atoms with E-state index in [1.165, 1.54) is 0 Å². The van der Waals surface area contributed by atoms with Crippen LogP contribution in [0.1, 0.15) is 23.2 Å². The Bertz CT molecular complexity index is 961. The first-order valence-electron chi connectivity index (χ1n) is 10.1. The van der Waals surface area contributed by atoms with Crippen LogP contribution in [0.15, 0.2) is 66.7 Å². The molecule has 1 fully saturated rings. The molecule has 4 nitrogen and oxygen atoms in total. The number of rotatable bonds is 6. The number of halogens is 1. The van der Waals surface area contributed by atoms with E-state index in [0.29, 0.717) is 11.6 Å². The number of carbonyl (C=O) groups is 1. The fourth-order valence-corrected chi connectivity index (χ4v) is 3.94. The SMILES string of the molecule is O=C(NC1CCN(CCOc2ccc(Cl)cc2)CC1)c1cccc2ccccc12. The van der Waals surface area contributed by atoms with Crippen molar-refractivity contribution in [2.24, 2.45) is 0 Å². The van der Waals surface area contributed by atoms with E-state index >= 15 is 0 Å². The highest BCUT2D eigenvalue weighted by atomic mass is 35.5. The molecule has 0 radical (unpaired) electrons. The standard InChI is InChI=1S/C24H25ClN2O2/c25-19-8-10-21(11-9-19)29-17-16-27-14-12-20(13-15-27)26-24(28)23-7-3-5-18-4-1-2-6-22(18)23/h1-11,20H,12-17H2,(H,26,28). The highest BCUT2D eigenvalue weighted by Crippen LogP contribution is 2.20. The van der Waals surface area contributed by atoms with Gasteiger partial charge in [0.15, 0.2) is 0 Å². The van der Waals surface area contributed by atoms with Crippen molar-refractivity contribution < 1.29 is 9.53 Å². The Hall–Kier alpha value is -2.56. The summed E-state index contributed by atoms with van der Waals surface area (Å²) < 4.78 is 5.78. The molecule has 0 spiro atoms. The minimum absolute atomic E-state index is 0.0197. The van der Waals surface area contributed by atoms with E-state index in [1.54, 1.807) is 0 Å². The highest BCUT2D eigenvalue weighted by Gasteiger charge is 2.21. The molecule has 0 aromatic heterocycles. The topological polar surface area (TPSA) is 41.6 Å². The van der Waals surface area contributed by atoms with Crippen molar-refractivity contribution in [2.45, 2.75) is 18.9 Å². The van der Waals surface area contributed by atoms with Crippen LogP contribution in [-0.2, 0) is 0 Å². The summed E-state index contributed by atoms with van der Waals surface area (Å²) in [5.74, 6) is 0.859. The second-order valence-corrected chi connectivity index (χ2v) is 7.85. The first-order chi connectivity index (χ1) is 14.2. The normalized spacial score (nSPS) is 15.3. The minimum atomic E-state index is 0.0197. The third kappa shape index (κ3) is 5.08. The summed E-state index contributed by atoms with van der Waals surface area (Å²) in [6, 6.07) is 21.6. The number of likely N-dealkylation sites (tertiary alicyclic amines) is 1. The first-order valence-corrected chi connectivity index (χ1v) is 10.5. The number of carbonyl (C=O) groups excluding carboxylic acids is 1. The van der Waals surface area contributed by atoms with Crippen LogP contribution in [0.5, 0.6) is 5.75 Å². The van der Waals surface area contributed by atoms with Gasteiger partial charge in [-0.2, -0.15) is 0 Å². The summed E-state index contributed by atoms with van der Waals surface area (Å²) in [5.41, 5.74) is 0.752. The number of piperidine rings is 1. The third-order valence-electron chi connectivity index (χ3n) is 5.45. The second kappa shape index (κ2) is 9.29. The summed E-state index contributed by atoms with van der Waals surface area (Å²) >= 11 is 5.89. The molecule has 29 heavy (non-hydrogen) atoms. The van der Waals surface area contributed by atoms with Crippen LogP contribution in [0, 0.1) is 0 Å². The Labute approximate surface area is 176 Å². The van der Waals surface area contributed by atoms with Gasteiger partial charge in [0, 0.05) is 36.3 Å². The predicted octanol–water partition coefficient (Wildman–Crippen LogP) is 4.77. The third-order valence-corrected chi connectivity index (χ3v) is 5.70. The molecule has 1 heterocycles. The maximum Gasteiger partial charge on any atom is 0.252 e. The molecule has 0 unspecified atom stereocenters. The summed E-state index contributed by atoms with van der Waals surface area (Å²) in [6.45, 7) is 3.45. The zero-order valence-corrected chi connectivity index (χ0v) is 17.1. The van der Waals surface area contributed by atoms with Gasteiger partial charge in [-0.25, -0.2) is 0 Å². The van der Waals surface area contributed by atoms with Gasteiger partial charge < -0.3 is 10.1 Å². The lowest BCUT2D eigenvalue weighted by atomic mass is 10.0. The Balaban J connectivity index is 1.24. The average molecular weight is 409 g/mol. The van der Waals surface area contributed by atoms with E-state index in [1.807, 2.05) is 66.7 Å². The summed E-state index contributed by atoms with van der Waals surface area (Å²) in [5, 5.41) is 6.04. The highest BCUT2D eigenvalue weighted by molar-refractivity contribution is 6.30. The molecule has 1 saturated heterocycles. The van der Waals surface area contributed by atoms with Crippen molar-refractivity contribution in [3.8, 4) is 5.75 Å². The average Bonchev–Trinajstić information content (AvgIpc) is 2.76. The molecule has 1 amide bonds. The molecule has 1 aliphatic heterocycles. The number of hydrogen-bond donors (Lipinski definition) is 1. The lowest BCUT2D eigenvalue weighted by Gasteiger charge is -2.32. The van der Waals surface area contributed by atoms with Crippen molar-refractivity contribution in [1.82, 2.24) is 10.2 Å². The summed E-state index contributed by atoms with van der Waals surface area (Å²) in [4.78, 5) is 15.2. The molecular formula is C24H25ClN2O2. The molecule has 3 aromatic carbocycles. The molecule has 0 atom stereocenters. The van der Waals surface area contributed by atoms with E-state index in [2.05, 4.69) is 10.2 Å². The molecule has 1 aliphatic rings. The number of hydrogen-bond acceptors (Lipinski definition) is 3. The Morgan fingerprint density at radius 2 is 1.72 bits per heavy atom. The van der Waals surface area contributed by atoms with Crippen molar-refractivity contribution in [2.75, 3.05) is 26.2 Å². The molecular weight excluding hydrogens is 384 g/mol. The fourth-order valence-electron chi connectivity index (χ4n) is 3.81. The van der Waals surface area contributed by atoms with Crippen LogP contribution >= 0.6 is 11.6 Å². The lowest BCUT2D eigenvalue weighted by molar-refractivity contribution is 0.0907. The zero-order valence-electron chi connectivity index (χ0n) is 16.3. The van der Waals surface area contributed by atoms with E-state index in [-0.39, 0.29) is 11.9 Å². The van der Waals surface area contributed by atoms with Crippen molar-refractivity contribution >= 4 is 28.3 Å². The maximum atomic E-state index is 12.8. The van der Waals surface area contributed by atoms with E-state index < -0.39 is 0 Å². The molecule has 3 aromatic rings. The molecule has 4 rings (SSSR count). The van der Waals surface area contributed by atoms with Gasteiger partial charge in [-0.05, 0) is 53.9 Å². The quantitative estimate of drug-likeness (QED) is 0.639. The van der Waals surface area contributed by atoms with Gasteiger partial charge in [0.05, 0.1) is 0 Å². The van der Waals surface area contributed by atoms with Crippen LogP contribution in [0.2, 0.25) is 5.02 Å². The summed E-state index contributed by atoms with van der Waals surface area (Å²) in [6.07, 6.45) is 1.91. The largest absolute Gasteiger partial charge is 0.492 e. The Morgan fingerprint density at radius 1 is 1.00 bits per heavy atom. The molecule has 1 N–H and O–H groups in total. The van der Waals surface area contributed by atoms with Gasteiger partial charge in [-0.1, -0.05) is 48.0 Å². The fraction of sp³-hybridized carbons (Fsp3) is 0.292. The zero-order chi connectivity index (χ0) is 20.1. The number of nitrogens with one attached hydrogen (secondary N) is 1. The van der Waals surface area contributed by atoms with Gasteiger partial charge in [0.1, 0.15) is 12.4 Å². The van der Waals surface area contributed by atoms with Crippen LogP contribution in [0.3, 0.4) is 0 Å². The van der Waals surface area contributed by atoms with Crippen LogP contribution in [0.25, 0.3) is 10.8 Å². The number of nitrogens with zero attached hydrogens (tertiary/aromatic N) is 1. The minimum Gasteiger partial charge on any atom is -0.492 e. The van der Waals surface area contributed by atoms with Crippen molar-refractivity contribution in [1.29, 1.82) is 0 Å². The van der Waals surface area contributed by atoms with Crippen LogP contribution in [-0.4, -0.2) is 43.1 Å². The van der Waals surface area contributed by atoms with Crippen molar-refractivity contribution in [3.63, 3.8) is 0 Å². The van der Waals surface area contributed by atoms with Gasteiger partial charge in [0.25, 0.3) is 5.91 Å². The monoisotopic (exact) mass is 408 g/mol. The van der Waals surface area contributed by atoms with Crippen LogP contribution in [0.4, 0.5) is 0 Å². The molecule has 0 bridgehead atoms. The van der Waals surface area contributed by atoms with Crippen molar-refractivity contribution in [3.05, 3.63) is 77.3 Å². The number of benzene rings is 3. The van der Waals surface area contributed by atoms with Crippen LogP contribution < -0.4 is 10.1 Å². The van der Waals surface area contributed by atoms with E-state index in [0.717, 1.165) is 54.6 Å². The molecule has 5 heteroatoms. The van der Waals surface area contributed by atoms with E-state index in [9.17, 15) is 4.79 Å². The molecule has 0 aliphatic carbocycles. The van der Waals surface area contributed by atoms with Gasteiger partial charge in [0.2, 0.25) is 0 Å². The smallest absolute Gasteiger partial charge is 0.252 e. The lowest BCUT2D eigenvalue weighted by Crippen LogP contribution is -2.45. The van der Waals surface area contributed by atoms with Gasteiger partial charge in [-0.3, -0.25) is 9.69 Å². The number of ether oxygens (including phenoxy) is 1. The number of fused-ring (bicyclic) bond motifs is 1. The molecule has 150 valence electrons. The second-order valence-electron chi connectivity index (χ2n) is 7.42.